The van der Waals surface area contributed by atoms with Gasteiger partial charge in [0, 0.05) is 6.07 Å². The van der Waals surface area contributed by atoms with Crippen LogP contribution in [0.1, 0.15) is 32.0 Å². The number of rotatable bonds is 5. The van der Waals surface area contributed by atoms with E-state index in [0.29, 0.717) is 22.6 Å². The monoisotopic (exact) mass is 381 g/mol. The third-order valence-corrected chi connectivity index (χ3v) is 4.27. The molecule has 0 atom stereocenters. The first-order valence-corrected chi connectivity index (χ1v) is 8.45. The van der Waals surface area contributed by atoms with Crippen molar-refractivity contribution >= 4 is 11.9 Å². The molecule has 0 amide bonds. The Morgan fingerprint density at radius 1 is 0.964 bits per heavy atom. The van der Waals surface area contributed by atoms with E-state index in [1.54, 1.807) is 30.3 Å². The molecule has 0 aliphatic rings. The van der Waals surface area contributed by atoms with Crippen molar-refractivity contribution in [1.82, 2.24) is 5.16 Å². The SMILES string of the molecule is COC(=O)c1cc(-c2cc(C)c(C)cc2OC(=O)c2cccc(OC)c2)on1. The van der Waals surface area contributed by atoms with Crippen molar-refractivity contribution in [3.05, 3.63) is 64.8 Å². The van der Waals surface area contributed by atoms with Gasteiger partial charge >= 0.3 is 11.9 Å². The van der Waals surface area contributed by atoms with Gasteiger partial charge in [0.05, 0.1) is 25.3 Å². The highest BCUT2D eigenvalue weighted by Crippen LogP contribution is 2.34. The van der Waals surface area contributed by atoms with Crippen molar-refractivity contribution in [1.29, 1.82) is 0 Å². The number of hydrogen-bond acceptors (Lipinski definition) is 7. The van der Waals surface area contributed by atoms with Crippen molar-refractivity contribution in [3.8, 4) is 22.8 Å². The molecule has 0 fully saturated rings. The molecule has 0 aliphatic heterocycles. The molecule has 3 rings (SSSR count). The van der Waals surface area contributed by atoms with Crippen LogP contribution in [0.15, 0.2) is 47.0 Å². The normalized spacial score (nSPS) is 10.4. The topological polar surface area (TPSA) is 87.9 Å². The summed E-state index contributed by atoms with van der Waals surface area (Å²) in [6.07, 6.45) is 0. The smallest absolute Gasteiger partial charge is 0.360 e. The highest BCUT2D eigenvalue weighted by molar-refractivity contribution is 5.93. The maximum Gasteiger partial charge on any atom is 0.360 e. The summed E-state index contributed by atoms with van der Waals surface area (Å²) in [7, 11) is 2.78. The molecule has 1 aromatic heterocycles. The molecule has 0 unspecified atom stereocenters. The molecular weight excluding hydrogens is 362 g/mol. The average molecular weight is 381 g/mol. The Balaban J connectivity index is 1.98. The van der Waals surface area contributed by atoms with Gasteiger partial charge in [-0.2, -0.15) is 0 Å². The van der Waals surface area contributed by atoms with E-state index < -0.39 is 11.9 Å². The van der Waals surface area contributed by atoms with Gasteiger partial charge < -0.3 is 18.7 Å². The summed E-state index contributed by atoms with van der Waals surface area (Å²) in [6.45, 7) is 3.83. The van der Waals surface area contributed by atoms with Crippen LogP contribution in [-0.4, -0.2) is 31.3 Å². The van der Waals surface area contributed by atoms with Gasteiger partial charge in [0.15, 0.2) is 11.5 Å². The number of aryl methyl sites for hydroxylation is 2. The van der Waals surface area contributed by atoms with Crippen LogP contribution < -0.4 is 9.47 Å². The first kappa shape index (κ1) is 19.2. The van der Waals surface area contributed by atoms with Crippen molar-refractivity contribution < 1.29 is 28.3 Å². The molecule has 1 heterocycles. The molecule has 7 heteroatoms. The highest BCUT2D eigenvalue weighted by atomic mass is 16.5. The molecule has 0 bridgehead atoms. The van der Waals surface area contributed by atoms with E-state index in [-0.39, 0.29) is 11.5 Å². The largest absolute Gasteiger partial charge is 0.497 e. The second kappa shape index (κ2) is 7.96. The molecule has 0 aliphatic carbocycles. The van der Waals surface area contributed by atoms with E-state index in [4.69, 9.17) is 14.0 Å². The minimum absolute atomic E-state index is 0.0285. The Morgan fingerprint density at radius 3 is 2.43 bits per heavy atom. The van der Waals surface area contributed by atoms with Crippen molar-refractivity contribution in [2.75, 3.05) is 14.2 Å². The van der Waals surface area contributed by atoms with Crippen LogP contribution in [0.2, 0.25) is 0 Å². The molecule has 0 saturated heterocycles. The van der Waals surface area contributed by atoms with E-state index in [1.807, 2.05) is 19.9 Å². The Labute approximate surface area is 161 Å². The number of carbonyl (C=O) groups is 2. The number of esters is 2. The lowest BCUT2D eigenvalue weighted by atomic mass is 10.0. The zero-order valence-corrected chi connectivity index (χ0v) is 15.9. The Hall–Kier alpha value is -3.61. The maximum atomic E-state index is 12.6. The van der Waals surface area contributed by atoms with Gasteiger partial charge in [-0.3, -0.25) is 0 Å². The number of hydrogen-bond donors (Lipinski definition) is 0. The summed E-state index contributed by atoms with van der Waals surface area (Å²) in [5.74, 6) is -0.0296. The Morgan fingerprint density at radius 2 is 1.71 bits per heavy atom. The first-order chi connectivity index (χ1) is 13.4. The zero-order chi connectivity index (χ0) is 20.3. The number of ether oxygens (including phenoxy) is 3. The van der Waals surface area contributed by atoms with Crippen LogP contribution in [0.3, 0.4) is 0 Å². The van der Waals surface area contributed by atoms with E-state index >= 15 is 0 Å². The van der Waals surface area contributed by atoms with Gasteiger partial charge in [0.25, 0.3) is 0 Å². The fraction of sp³-hybridized carbons (Fsp3) is 0.190. The second-order valence-corrected chi connectivity index (χ2v) is 6.12. The van der Waals surface area contributed by atoms with E-state index in [1.165, 1.54) is 20.3 Å². The van der Waals surface area contributed by atoms with E-state index in [0.717, 1.165) is 11.1 Å². The van der Waals surface area contributed by atoms with Crippen LogP contribution in [0.5, 0.6) is 11.5 Å². The number of nitrogens with zero attached hydrogens (tertiary/aromatic N) is 1. The number of methoxy groups -OCH3 is 2. The van der Waals surface area contributed by atoms with Gasteiger partial charge in [-0.1, -0.05) is 11.2 Å². The van der Waals surface area contributed by atoms with Crippen LogP contribution in [0.25, 0.3) is 11.3 Å². The lowest BCUT2D eigenvalue weighted by Gasteiger charge is -2.12. The predicted octanol–water partition coefficient (Wildman–Crippen LogP) is 3.97. The zero-order valence-electron chi connectivity index (χ0n) is 15.9. The Kier molecular flexibility index (Phi) is 5.44. The lowest BCUT2D eigenvalue weighted by Crippen LogP contribution is -2.09. The molecule has 0 saturated carbocycles. The molecule has 3 aromatic rings. The van der Waals surface area contributed by atoms with Crippen molar-refractivity contribution in [3.63, 3.8) is 0 Å². The minimum atomic E-state index is -0.617. The molecule has 2 aromatic carbocycles. The van der Waals surface area contributed by atoms with Crippen molar-refractivity contribution in [2.24, 2.45) is 0 Å². The molecule has 0 spiro atoms. The maximum absolute atomic E-state index is 12.6. The van der Waals surface area contributed by atoms with Gasteiger partial charge in [-0.25, -0.2) is 9.59 Å². The van der Waals surface area contributed by atoms with Crippen LogP contribution >= 0.6 is 0 Å². The van der Waals surface area contributed by atoms with Crippen LogP contribution in [-0.2, 0) is 4.74 Å². The van der Waals surface area contributed by atoms with Gasteiger partial charge in [0.1, 0.15) is 11.5 Å². The summed E-state index contributed by atoms with van der Waals surface area (Å²) in [5, 5.41) is 3.71. The quantitative estimate of drug-likeness (QED) is 0.488. The predicted molar refractivity (Wildman–Crippen MR) is 101 cm³/mol. The molecule has 28 heavy (non-hydrogen) atoms. The van der Waals surface area contributed by atoms with Gasteiger partial charge in [-0.15, -0.1) is 0 Å². The standard InChI is InChI=1S/C21H19NO6/c1-12-8-16(19-11-17(22-28-19)21(24)26-4)18(9-13(12)2)27-20(23)14-6-5-7-15(10-14)25-3/h5-11H,1-4H3. The highest BCUT2D eigenvalue weighted by Gasteiger charge is 2.20. The summed E-state index contributed by atoms with van der Waals surface area (Å²) >= 11 is 0. The van der Waals surface area contributed by atoms with Gasteiger partial charge in [-0.05, 0) is 55.3 Å². The van der Waals surface area contributed by atoms with E-state index in [2.05, 4.69) is 9.89 Å². The summed E-state index contributed by atoms with van der Waals surface area (Å²) < 4.78 is 20.7. The third kappa shape index (κ3) is 3.88. The van der Waals surface area contributed by atoms with E-state index in [9.17, 15) is 9.59 Å². The van der Waals surface area contributed by atoms with Crippen LogP contribution in [0.4, 0.5) is 0 Å². The van der Waals surface area contributed by atoms with Crippen molar-refractivity contribution in [2.45, 2.75) is 13.8 Å². The first-order valence-electron chi connectivity index (χ1n) is 8.45. The third-order valence-electron chi connectivity index (χ3n) is 4.27. The molecule has 0 N–H and O–H groups in total. The van der Waals surface area contributed by atoms with Gasteiger partial charge in [0.2, 0.25) is 0 Å². The molecular formula is C21H19NO6. The molecule has 144 valence electrons. The summed E-state index contributed by atoms with van der Waals surface area (Å²) in [6, 6.07) is 11.7. The average Bonchev–Trinajstić information content (AvgIpc) is 3.20. The lowest BCUT2D eigenvalue weighted by molar-refractivity contribution is 0.0588. The number of benzene rings is 2. The fourth-order valence-corrected chi connectivity index (χ4v) is 2.58. The summed E-state index contributed by atoms with van der Waals surface area (Å²) in [5.41, 5.74) is 2.77. The molecule has 7 nitrogen and oxygen atoms in total. The van der Waals surface area contributed by atoms with Crippen LogP contribution in [0, 0.1) is 13.8 Å². The second-order valence-electron chi connectivity index (χ2n) is 6.12. The summed E-state index contributed by atoms with van der Waals surface area (Å²) in [4.78, 5) is 24.3. The fourth-order valence-electron chi connectivity index (χ4n) is 2.58. The molecule has 0 radical (unpaired) electrons. The number of aromatic nitrogens is 1. The Bertz CT molecular complexity index is 1040. The minimum Gasteiger partial charge on any atom is -0.497 e. The number of carbonyl (C=O) groups excluding carboxylic acids is 2.